The van der Waals surface area contributed by atoms with E-state index in [0.29, 0.717) is 15.6 Å². The smallest absolute Gasteiger partial charge is 0.349 e. The summed E-state index contributed by atoms with van der Waals surface area (Å²) in [5.74, 6) is -0.879. The van der Waals surface area contributed by atoms with Gasteiger partial charge in [0.25, 0.3) is 5.91 Å². The molecule has 0 bridgehead atoms. The maximum atomic E-state index is 12.1. The fraction of sp³-hybridized carbons (Fsp3) is 0.294. The van der Waals surface area contributed by atoms with E-state index in [9.17, 15) is 9.59 Å². The first kappa shape index (κ1) is 17.5. The number of esters is 1. The number of hydrogen-bond acceptors (Lipinski definition) is 4. The van der Waals surface area contributed by atoms with E-state index < -0.39 is 18.0 Å². The summed E-state index contributed by atoms with van der Waals surface area (Å²) in [5, 5.41) is 3.19. The fourth-order valence-electron chi connectivity index (χ4n) is 2.05. The van der Waals surface area contributed by atoms with Crippen LogP contribution < -0.4 is 5.32 Å². The quantitative estimate of drug-likeness (QED) is 0.809. The van der Waals surface area contributed by atoms with Crippen molar-refractivity contribution in [3.8, 4) is 0 Å². The van der Waals surface area contributed by atoms with Gasteiger partial charge in [-0.25, -0.2) is 4.79 Å². The molecule has 122 valence electrons. The fourth-order valence-corrected chi connectivity index (χ4v) is 3.24. The second-order valence-corrected chi connectivity index (χ2v) is 6.69. The van der Waals surface area contributed by atoms with E-state index in [-0.39, 0.29) is 0 Å². The first-order chi connectivity index (χ1) is 10.9. The van der Waals surface area contributed by atoms with E-state index in [1.54, 1.807) is 37.3 Å². The number of carbonyl (C=O) groups excluding carboxylic acids is 2. The molecule has 1 atom stereocenters. The van der Waals surface area contributed by atoms with Gasteiger partial charge in [0.1, 0.15) is 4.88 Å². The summed E-state index contributed by atoms with van der Waals surface area (Å²) in [4.78, 5) is 25.9. The predicted molar refractivity (Wildman–Crippen MR) is 93.4 cm³/mol. The van der Waals surface area contributed by atoms with Crippen LogP contribution in [0.5, 0.6) is 0 Å². The number of anilines is 1. The molecule has 0 aliphatic rings. The highest BCUT2D eigenvalue weighted by atomic mass is 35.5. The van der Waals surface area contributed by atoms with Crippen molar-refractivity contribution in [1.29, 1.82) is 0 Å². The lowest BCUT2D eigenvalue weighted by molar-refractivity contribution is -0.123. The predicted octanol–water partition coefficient (Wildman–Crippen LogP) is 4.46. The van der Waals surface area contributed by atoms with E-state index in [2.05, 4.69) is 5.32 Å². The van der Waals surface area contributed by atoms with Crippen molar-refractivity contribution in [1.82, 2.24) is 0 Å². The van der Waals surface area contributed by atoms with Gasteiger partial charge in [0.05, 0.1) is 0 Å². The zero-order chi connectivity index (χ0) is 17.0. The molecular formula is C17H18ClNO3S. The van der Waals surface area contributed by atoms with Gasteiger partial charge in [-0.2, -0.15) is 0 Å². The summed E-state index contributed by atoms with van der Waals surface area (Å²) < 4.78 is 5.24. The lowest BCUT2D eigenvalue weighted by Crippen LogP contribution is -2.29. The van der Waals surface area contributed by atoms with Gasteiger partial charge < -0.3 is 10.1 Å². The first-order valence-electron chi connectivity index (χ1n) is 7.27. The number of carbonyl (C=O) groups is 2. The van der Waals surface area contributed by atoms with Crippen LogP contribution in [0, 0.1) is 6.92 Å². The molecule has 0 aliphatic carbocycles. The Morgan fingerprint density at radius 3 is 2.70 bits per heavy atom. The van der Waals surface area contributed by atoms with E-state index in [0.717, 1.165) is 16.9 Å². The van der Waals surface area contributed by atoms with Crippen molar-refractivity contribution in [2.45, 2.75) is 33.3 Å². The number of ether oxygens (including phenoxy) is 1. The van der Waals surface area contributed by atoms with Crippen molar-refractivity contribution in [3.05, 3.63) is 50.7 Å². The summed E-state index contributed by atoms with van der Waals surface area (Å²) in [6.45, 7) is 5.54. The minimum absolute atomic E-state index is 0.399. The second kappa shape index (κ2) is 7.62. The Labute approximate surface area is 144 Å². The molecule has 0 spiro atoms. The molecule has 1 aromatic heterocycles. The minimum atomic E-state index is -0.894. The molecule has 0 radical (unpaired) electrons. The highest BCUT2D eigenvalue weighted by Crippen LogP contribution is 2.23. The molecule has 0 fully saturated rings. The molecule has 2 aromatic rings. The first-order valence-corrected chi connectivity index (χ1v) is 8.47. The second-order valence-electron chi connectivity index (χ2n) is 5.12. The Kier molecular flexibility index (Phi) is 5.80. The number of benzene rings is 1. The molecule has 1 N–H and O–H groups in total. The summed E-state index contributed by atoms with van der Waals surface area (Å²) in [6, 6.07) is 8.59. The topological polar surface area (TPSA) is 55.4 Å². The largest absolute Gasteiger partial charge is 0.448 e. The van der Waals surface area contributed by atoms with Crippen LogP contribution >= 0.6 is 22.9 Å². The van der Waals surface area contributed by atoms with E-state index in [4.69, 9.17) is 16.3 Å². The molecule has 0 saturated heterocycles. The molecule has 0 unspecified atom stereocenters. The summed E-state index contributed by atoms with van der Waals surface area (Å²) in [6.07, 6.45) is -0.0248. The maximum absolute atomic E-state index is 12.1. The van der Waals surface area contributed by atoms with Gasteiger partial charge in [0.15, 0.2) is 6.10 Å². The van der Waals surface area contributed by atoms with E-state index in [1.807, 2.05) is 13.8 Å². The third-order valence-corrected chi connectivity index (χ3v) is 4.88. The SMILES string of the molecule is CCc1sc(C(=O)O[C@@H](C)C(=O)Nc2cccc(Cl)c2)cc1C. The van der Waals surface area contributed by atoms with Gasteiger partial charge in [-0.15, -0.1) is 11.3 Å². The van der Waals surface area contributed by atoms with Gasteiger partial charge >= 0.3 is 5.97 Å². The summed E-state index contributed by atoms with van der Waals surface area (Å²) >= 11 is 7.27. The molecule has 0 saturated carbocycles. The molecular weight excluding hydrogens is 334 g/mol. The third kappa shape index (κ3) is 4.56. The number of nitrogens with one attached hydrogen (secondary N) is 1. The molecule has 2 rings (SSSR count). The van der Waals surface area contributed by atoms with Crippen LogP contribution in [0.2, 0.25) is 5.02 Å². The number of thiophene rings is 1. The molecule has 4 nitrogen and oxygen atoms in total. The van der Waals surface area contributed by atoms with E-state index >= 15 is 0 Å². The van der Waals surface area contributed by atoms with E-state index in [1.165, 1.54) is 11.3 Å². The Bertz CT molecular complexity index is 726. The van der Waals surface area contributed by atoms with Crippen molar-refractivity contribution in [3.63, 3.8) is 0 Å². The van der Waals surface area contributed by atoms with Gasteiger partial charge in [0.2, 0.25) is 0 Å². The van der Waals surface area contributed by atoms with Crippen LogP contribution in [-0.2, 0) is 16.0 Å². The average Bonchev–Trinajstić information content (AvgIpc) is 2.88. The van der Waals surface area contributed by atoms with Gasteiger partial charge in [0, 0.05) is 15.6 Å². The van der Waals surface area contributed by atoms with Crippen LogP contribution in [0.3, 0.4) is 0 Å². The normalized spacial score (nSPS) is 11.8. The van der Waals surface area contributed by atoms with Crippen LogP contribution in [0.1, 0.15) is 34.0 Å². The summed E-state index contributed by atoms with van der Waals surface area (Å²) in [7, 11) is 0. The Morgan fingerprint density at radius 2 is 2.09 bits per heavy atom. The highest BCUT2D eigenvalue weighted by Gasteiger charge is 2.21. The van der Waals surface area contributed by atoms with Gasteiger partial charge in [-0.1, -0.05) is 24.6 Å². The molecule has 1 heterocycles. The number of hydrogen-bond donors (Lipinski definition) is 1. The Morgan fingerprint density at radius 1 is 1.35 bits per heavy atom. The number of rotatable bonds is 5. The van der Waals surface area contributed by atoms with Crippen LogP contribution in [-0.4, -0.2) is 18.0 Å². The summed E-state index contributed by atoms with van der Waals surface area (Å²) in [5.41, 5.74) is 1.63. The Balaban J connectivity index is 1.98. The zero-order valence-electron chi connectivity index (χ0n) is 13.2. The molecule has 0 aliphatic heterocycles. The lowest BCUT2D eigenvalue weighted by atomic mass is 10.2. The number of aryl methyl sites for hydroxylation is 2. The average molecular weight is 352 g/mol. The van der Waals surface area contributed by atoms with Crippen LogP contribution in [0.25, 0.3) is 0 Å². The van der Waals surface area contributed by atoms with Crippen molar-refractivity contribution >= 4 is 40.5 Å². The highest BCUT2D eigenvalue weighted by molar-refractivity contribution is 7.14. The standard InChI is InChI=1S/C17H18ClNO3S/c1-4-14-10(2)8-15(23-14)17(21)22-11(3)16(20)19-13-7-5-6-12(18)9-13/h5-9,11H,4H2,1-3H3,(H,19,20)/t11-/m0/s1. The van der Waals surface area contributed by atoms with Crippen molar-refractivity contribution < 1.29 is 14.3 Å². The lowest BCUT2D eigenvalue weighted by Gasteiger charge is -2.13. The van der Waals surface area contributed by atoms with Crippen molar-refractivity contribution in [2.24, 2.45) is 0 Å². The van der Waals surface area contributed by atoms with Gasteiger partial charge in [-0.3, -0.25) is 4.79 Å². The molecule has 23 heavy (non-hydrogen) atoms. The van der Waals surface area contributed by atoms with Crippen LogP contribution in [0.4, 0.5) is 5.69 Å². The minimum Gasteiger partial charge on any atom is -0.448 e. The Hall–Kier alpha value is -1.85. The molecule has 1 amide bonds. The van der Waals surface area contributed by atoms with Crippen molar-refractivity contribution in [2.75, 3.05) is 5.32 Å². The van der Waals surface area contributed by atoms with Gasteiger partial charge in [-0.05, 0) is 50.1 Å². The maximum Gasteiger partial charge on any atom is 0.349 e. The number of halogens is 1. The number of amides is 1. The monoisotopic (exact) mass is 351 g/mol. The molecule has 1 aromatic carbocycles. The zero-order valence-corrected chi connectivity index (χ0v) is 14.8. The van der Waals surface area contributed by atoms with Crippen LogP contribution in [0.15, 0.2) is 30.3 Å². The third-order valence-electron chi connectivity index (χ3n) is 3.29. The molecule has 6 heteroatoms.